The lowest BCUT2D eigenvalue weighted by Crippen LogP contribution is -2.35. The Bertz CT molecular complexity index is 618. The number of ether oxygens (including phenoxy) is 2. The van der Waals surface area contributed by atoms with Gasteiger partial charge in [-0.25, -0.2) is 0 Å². The Morgan fingerprint density at radius 1 is 1.30 bits per heavy atom. The maximum absolute atomic E-state index is 11.1. The molecule has 2 fully saturated rings. The summed E-state index contributed by atoms with van der Waals surface area (Å²) in [6.45, 7) is 1.25. The maximum Gasteiger partial charge on any atom is 0.314 e. The van der Waals surface area contributed by atoms with Crippen LogP contribution in [0.2, 0.25) is 0 Å². The second-order valence-electron chi connectivity index (χ2n) is 6.15. The highest BCUT2D eigenvalue weighted by Crippen LogP contribution is 2.39. The van der Waals surface area contributed by atoms with Crippen LogP contribution in [0, 0.1) is 16.0 Å². The highest BCUT2D eigenvalue weighted by atomic mass is 16.7. The summed E-state index contributed by atoms with van der Waals surface area (Å²) in [5.41, 5.74) is -0.0509. The molecule has 1 aromatic rings. The molecule has 1 saturated heterocycles. The number of nitro benzene ring substituents is 1. The molecule has 1 aromatic carbocycles. The van der Waals surface area contributed by atoms with Crippen LogP contribution in [0.25, 0.3) is 0 Å². The Morgan fingerprint density at radius 3 is 2.91 bits per heavy atom. The lowest BCUT2D eigenvalue weighted by atomic mass is 9.84. The van der Waals surface area contributed by atoms with Crippen molar-refractivity contribution in [1.29, 1.82) is 0 Å². The van der Waals surface area contributed by atoms with Crippen LogP contribution in [0.5, 0.6) is 11.5 Å². The van der Waals surface area contributed by atoms with Gasteiger partial charge in [0, 0.05) is 24.9 Å². The number of hydrogen-bond donors (Lipinski definition) is 0. The topological polar surface area (TPSA) is 81.9 Å². The van der Waals surface area contributed by atoms with Gasteiger partial charge in [-0.3, -0.25) is 14.9 Å². The summed E-state index contributed by atoms with van der Waals surface area (Å²) < 4.78 is 9.89. The summed E-state index contributed by atoms with van der Waals surface area (Å²) in [4.78, 5) is 23.4. The molecule has 7 heteroatoms. The van der Waals surface area contributed by atoms with Gasteiger partial charge < -0.3 is 14.4 Å². The van der Waals surface area contributed by atoms with Gasteiger partial charge in [0.15, 0.2) is 5.75 Å². The summed E-state index contributed by atoms with van der Waals surface area (Å²) >= 11 is 0. The fraction of sp³-hybridized carbons (Fsp3) is 0.562. The second kappa shape index (κ2) is 6.54. The summed E-state index contributed by atoms with van der Waals surface area (Å²) in [6.07, 6.45) is 4.12. The van der Waals surface area contributed by atoms with Gasteiger partial charge in [-0.1, -0.05) is 6.07 Å². The van der Waals surface area contributed by atoms with E-state index in [1.165, 1.54) is 19.0 Å². The lowest BCUT2D eigenvalue weighted by molar-refractivity contribution is -0.385. The third-order valence-corrected chi connectivity index (χ3v) is 4.77. The summed E-state index contributed by atoms with van der Waals surface area (Å²) in [5.74, 6) is 1.96. The number of nitrogens with zero attached hydrogens (tertiary/aromatic N) is 2. The highest BCUT2D eigenvalue weighted by Gasteiger charge is 2.36. The van der Waals surface area contributed by atoms with Gasteiger partial charge in [-0.05, 0) is 38.4 Å². The Balaban J connectivity index is 0.000000136. The molecule has 0 spiro atoms. The average Bonchev–Trinajstić information content (AvgIpc) is 3.14. The number of carbonyl (C=O) groups excluding carboxylic acids is 1. The quantitative estimate of drug-likeness (QED) is 0.584. The zero-order valence-corrected chi connectivity index (χ0v) is 13.1. The van der Waals surface area contributed by atoms with Crippen LogP contribution in [0.15, 0.2) is 18.2 Å². The van der Waals surface area contributed by atoms with Crippen LogP contribution < -0.4 is 9.47 Å². The molecule has 7 nitrogen and oxygen atoms in total. The summed E-state index contributed by atoms with van der Waals surface area (Å²) in [7, 11) is 2.14. The van der Waals surface area contributed by atoms with Crippen LogP contribution >= 0.6 is 0 Å². The van der Waals surface area contributed by atoms with E-state index in [4.69, 9.17) is 9.47 Å². The van der Waals surface area contributed by atoms with Crippen LogP contribution in [0.4, 0.5) is 5.69 Å². The summed E-state index contributed by atoms with van der Waals surface area (Å²) in [6, 6.07) is 5.17. The molecule has 1 saturated carbocycles. The van der Waals surface area contributed by atoms with E-state index in [-0.39, 0.29) is 18.2 Å². The first kappa shape index (κ1) is 15.7. The van der Waals surface area contributed by atoms with Crippen LogP contribution in [0.1, 0.15) is 25.7 Å². The highest BCUT2D eigenvalue weighted by molar-refractivity contribution is 5.80. The van der Waals surface area contributed by atoms with Gasteiger partial charge in [-0.15, -0.1) is 0 Å². The van der Waals surface area contributed by atoms with Crippen molar-refractivity contribution in [1.82, 2.24) is 4.90 Å². The number of likely N-dealkylation sites (tertiary alicyclic amines) is 1. The molecule has 124 valence electrons. The van der Waals surface area contributed by atoms with Crippen molar-refractivity contribution in [3.63, 3.8) is 0 Å². The van der Waals surface area contributed by atoms with Gasteiger partial charge in [0.2, 0.25) is 12.5 Å². The van der Waals surface area contributed by atoms with Crippen molar-refractivity contribution in [3.05, 3.63) is 28.3 Å². The SMILES string of the molecule is CN1CCC2CCC(=O)CC21.O=[N+]([O-])c1cccc2c1OCO2. The van der Waals surface area contributed by atoms with E-state index < -0.39 is 4.92 Å². The molecule has 0 amide bonds. The molecule has 0 N–H and O–H groups in total. The Labute approximate surface area is 134 Å². The van der Waals surface area contributed by atoms with Crippen LogP contribution in [-0.2, 0) is 4.79 Å². The van der Waals surface area contributed by atoms with E-state index >= 15 is 0 Å². The molecular weight excluding hydrogens is 300 g/mol. The van der Waals surface area contributed by atoms with Gasteiger partial charge in [0.25, 0.3) is 0 Å². The van der Waals surface area contributed by atoms with E-state index in [2.05, 4.69) is 11.9 Å². The van der Waals surface area contributed by atoms with E-state index in [0.29, 0.717) is 17.6 Å². The van der Waals surface area contributed by atoms with E-state index in [9.17, 15) is 14.9 Å². The average molecular weight is 320 g/mol. The molecule has 4 rings (SSSR count). The molecule has 2 heterocycles. The third kappa shape index (κ3) is 3.29. The molecule has 0 radical (unpaired) electrons. The predicted molar refractivity (Wildman–Crippen MR) is 82.6 cm³/mol. The number of benzene rings is 1. The first-order valence-corrected chi connectivity index (χ1v) is 7.81. The minimum atomic E-state index is -0.493. The third-order valence-electron chi connectivity index (χ3n) is 4.77. The van der Waals surface area contributed by atoms with E-state index in [1.807, 2.05) is 0 Å². The van der Waals surface area contributed by atoms with E-state index in [0.717, 1.165) is 25.2 Å². The largest absolute Gasteiger partial charge is 0.453 e. The number of nitro groups is 1. The van der Waals surface area contributed by atoms with Gasteiger partial charge in [-0.2, -0.15) is 0 Å². The molecule has 0 bridgehead atoms. The van der Waals surface area contributed by atoms with Gasteiger partial charge >= 0.3 is 5.69 Å². The molecule has 3 aliphatic rings. The molecule has 23 heavy (non-hydrogen) atoms. The van der Waals surface area contributed by atoms with Crippen molar-refractivity contribution in [2.45, 2.75) is 31.7 Å². The number of Topliss-reactive ketones (excluding diaryl/α,β-unsaturated/α-hetero) is 1. The standard InChI is InChI=1S/C9H15NO.C7H5NO4/c1-10-5-4-7-2-3-8(11)6-9(7)10;9-8(10)5-2-1-3-6-7(5)12-4-11-6/h7,9H,2-6H2,1H3;1-3H,4H2. The normalized spacial score (nSPS) is 25.5. The molecule has 2 unspecified atom stereocenters. The second-order valence-corrected chi connectivity index (χ2v) is 6.15. The van der Waals surface area contributed by atoms with Crippen molar-refractivity contribution in [3.8, 4) is 11.5 Å². The molecule has 2 aliphatic heterocycles. The number of para-hydroxylation sites is 1. The van der Waals surface area contributed by atoms with E-state index in [1.54, 1.807) is 12.1 Å². The summed E-state index contributed by atoms with van der Waals surface area (Å²) in [5, 5.41) is 10.4. The Morgan fingerprint density at radius 2 is 2.13 bits per heavy atom. The number of carbonyl (C=O) groups is 1. The number of ketones is 1. The predicted octanol–water partition coefficient (Wildman–Crippen LogP) is 2.38. The maximum atomic E-state index is 11.1. The first-order chi connectivity index (χ1) is 11.1. The molecule has 2 atom stereocenters. The minimum absolute atomic E-state index is 0.0509. The minimum Gasteiger partial charge on any atom is -0.453 e. The Hall–Kier alpha value is -2.15. The molecular formula is C16H20N2O5. The van der Waals surface area contributed by atoms with Crippen molar-refractivity contribution in [2.24, 2.45) is 5.92 Å². The smallest absolute Gasteiger partial charge is 0.314 e. The molecule has 0 aromatic heterocycles. The van der Waals surface area contributed by atoms with Gasteiger partial charge in [0.05, 0.1) is 4.92 Å². The zero-order valence-electron chi connectivity index (χ0n) is 13.1. The number of fused-ring (bicyclic) bond motifs is 2. The number of hydrogen-bond acceptors (Lipinski definition) is 6. The van der Waals surface area contributed by atoms with Crippen molar-refractivity contribution in [2.75, 3.05) is 20.4 Å². The monoisotopic (exact) mass is 320 g/mol. The van der Waals surface area contributed by atoms with Crippen molar-refractivity contribution < 1.29 is 19.2 Å². The van der Waals surface area contributed by atoms with Gasteiger partial charge in [0.1, 0.15) is 5.78 Å². The van der Waals surface area contributed by atoms with Crippen LogP contribution in [-0.4, -0.2) is 42.0 Å². The Kier molecular flexibility index (Phi) is 4.47. The molecule has 1 aliphatic carbocycles. The zero-order chi connectivity index (χ0) is 16.4. The number of rotatable bonds is 1. The van der Waals surface area contributed by atoms with Crippen LogP contribution in [0.3, 0.4) is 0 Å². The lowest BCUT2D eigenvalue weighted by Gasteiger charge is -2.28. The fourth-order valence-electron chi connectivity index (χ4n) is 3.49. The fourth-order valence-corrected chi connectivity index (χ4v) is 3.49. The first-order valence-electron chi connectivity index (χ1n) is 7.81. The van der Waals surface area contributed by atoms with Crippen molar-refractivity contribution >= 4 is 11.5 Å².